The number of nitrogens with one attached hydrogen (secondary N) is 1. The van der Waals surface area contributed by atoms with Crippen molar-refractivity contribution in [3.8, 4) is 12.3 Å². The Hall–Kier alpha value is -1.06. The van der Waals surface area contributed by atoms with Gasteiger partial charge in [0.1, 0.15) is 5.82 Å². The number of aryl methyl sites for hydroxylation is 1. The second kappa shape index (κ2) is 5.62. The Bertz CT molecular complexity index is 356. The molecule has 6 heteroatoms. The van der Waals surface area contributed by atoms with Crippen LogP contribution in [0.15, 0.2) is 4.34 Å². The topological polar surface area (TPSA) is 54.9 Å². The normalized spacial score (nSPS) is 9.43. The number of hydrogen-bond acceptors (Lipinski definition) is 5. The molecule has 0 saturated carbocycles. The number of aromatic nitrogens is 2. The van der Waals surface area contributed by atoms with Crippen LogP contribution in [0.25, 0.3) is 0 Å². The minimum absolute atomic E-state index is 0.0826. The molecule has 0 radical (unpaired) electrons. The van der Waals surface area contributed by atoms with Gasteiger partial charge in [-0.3, -0.25) is 4.79 Å². The summed E-state index contributed by atoms with van der Waals surface area (Å²) in [7, 11) is 0. The predicted octanol–water partition coefficient (Wildman–Crippen LogP) is 0.688. The number of thioether (sulfide) groups is 1. The first-order valence-electron chi connectivity index (χ1n) is 3.85. The molecule has 4 nitrogen and oxygen atoms in total. The third-order valence-electron chi connectivity index (χ3n) is 1.22. The Balaban J connectivity index is 2.27. The van der Waals surface area contributed by atoms with Gasteiger partial charge in [0.2, 0.25) is 5.91 Å². The van der Waals surface area contributed by atoms with E-state index < -0.39 is 0 Å². The van der Waals surface area contributed by atoms with Gasteiger partial charge in [-0.25, -0.2) is 4.98 Å². The molecule has 0 aliphatic rings. The Morgan fingerprint density at radius 1 is 1.79 bits per heavy atom. The molecule has 0 aliphatic carbocycles. The number of hydrogen-bond donors (Lipinski definition) is 1. The molecule has 1 N–H and O–H groups in total. The highest BCUT2D eigenvalue weighted by molar-refractivity contribution is 8.01. The molecule has 1 aromatic rings. The summed E-state index contributed by atoms with van der Waals surface area (Å²) in [5.74, 6) is 3.32. The van der Waals surface area contributed by atoms with Gasteiger partial charge in [-0.15, -0.1) is 6.42 Å². The maximum Gasteiger partial charge on any atom is 0.231 e. The first-order valence-corrected chi connectivity index (χ1v) is 5.61. The maximum absolute atomic E-state index is 11.1. The third kappa shape index (κ3) is 3.77. The lowest BCUT2D eigenvalue weighted by Crippen LogP contribution is -2.25. The second-order valence-corrected chi connectivity index (χ2v) is 4.35. The number of terminal acetylenes is 1. The van der Waals surface area contributed by atoms with Gasteiger partial charge in [-0.2, -0.15) is 4.37 Å². The van der Waals surface area contributed by atoms with Crippen LogP contribution in [0.2, 0.25) is 0 Å². The summed E-state index contributed by atoms with van der Waals surface area (Å²) in [4.78, 5) is 15.2. The zero-order chi connectivity index (χ0) is 10.4. The van der Waals surface area contributed by atoms with Crippen LogP contribution in [0.3, 0.4) is 0 Å². The molecular formula is C8H9N3OS2. The van der Waals surface area contributed by atoms with E-state index in [-0.39, 0.29) is 12.5 Å². The molecule has 14 heavy (non-hydrogen) atoms. The van der Waals surface area contributed by atoms with Crippen molar-refractivity contribution in [3.63, 3.8) is 0 Å². The molecule has 0 fully saturated rings. The van der Waals surface area contributed by atoms with E-state index in [2.05, 4.69) is 20.6 Å². The van der Waals surface area contributed by atoms with Crippen molar-refractivity contribution in [2.24, 2.45) is 0 Å². The molecule has 0 saturated heterocycles. The van der Waals surface area contributed by atoms with E-state index >= 15 is 0 Å². The first kappa shape index (κ1) is 11.0. The van der Waals surface area contributed by atoms with Crippen LogP contribution >= 0.6 is 23.3 Å². The number of nitrogens with zero attached hydrogens (tertiary/aromatic N) is 2. The molecule has 1 heterocycles. The average Bonchev–Trinajstić information content (AvgIpc) is 2.58. The Morgan fingerprint density at radius 2 is 2.57 bits per heavy atom. The molecule has 1 rings (SSSR count). The lowest BCUT2D eigenvalue weighted by Gasteiger charge is -1.97. The van der Waals surface area contributed by atoms with Crippen LogP contribution < -0.4 is 5.32 Å². The summed E-state index contributed by atoms with van der Waals surface area (Å²) in [6.07, 6.45) is 5.00. The molecule has 74 valence electrons. The summed E-state index contributed by atoms with van der Waals surface area (Å²) in [5, 5.41) is 2.57. The minimum atomic E-state index is -0.0826. The fraction of sp³-hybridized carbons (Fsp3) is 0.375. The monoisotopic (exact) mass is 227 g/mol. The van der Waals surface area contributed by atoms with E-state index in [0.29, 0.717) is 5.75 Å². The number of rotatable bonds is 4. The van der Waals surface area contributed by atoms with Gasteiger partial charge >= 0.3 is 0 Å². The zero-order valence-corrected chi connectivity index (χ0v) is 9.24. The molecule has 1 aromatic heterocycles. The second-order valence-electron chi connectivity index (χ2n) is 2.38. The molecule has 0 aromatic carbocycles. The van der Waals surface area contributed by atoms with Crippen molar-refractivity contribution < 1.29 is 4.79 Å². The van der Waals surface area contributed by atoms with E-state index in [1.807, 2.05) is 6.92 Å². The van der Waals surface area contributed by atoms with Crippen molar-refractivity contribution in [2.75, 3.05) is 12.3 Å². The summed E-state index contributed by atoms with van der Waals surface area (Å²) < 4.78 is 4.81. The molecule has 0 atom stereocenters. The Morgan fingerprint density at radius 3 is 3.14 bits per heavy atom. The van der Waals surface area contributed by atoms with E-state index in [1.165, 1.54) is 23.3 Å². The summed E-state index contributed by atoms with van der Waals surface area (Å²) >= 11 is 2.66. The predicted molar refractivity (Wildman–Crippen MR) is 57.2 cm³/mol. The Labute approximate surface area is 90.7 Å². The van der Waals surface area contributed by atoms with Gasteiger partial charge in [0.15, 0.2) is 4.34 Å². The highest BCUT2D eigenvalue weighted by atomic mass is 32.2. The van der Waals surface area contributed by atoms with E-state index in [9.17, 15) is 4.79 Å². The van der Waals surface area contributed by atoms with E-state index in [1.54, 1.807) is 0 Å². The van der Waals surface area contributed by atoms with Gasteiger partial charge in [0, 0.05) is 0 Å². The molecule has 0 aliphatic heterocycles. The van der Waals surface area contributed by atoms with Crippen molar-refractivity contribution in [1.29, 1.82) is 0 Å². The summed E-state index contributed by atoms with van der Waals surface area (Å²) in [6, 6.07) is 0. The molecular weight excluding hydrogens is 218 g/mol. The molecule has 1 amide bonds. The van der Waals surface area contributed by atoms with Crippen LogP contribution in [0, 0.1) is 19.3 Å². The van der Waals surface area contributed by atoms with Crippen LogP contribution in [-0.4, -0.2) is 27.6 Å². The lowest BCUT2D eigenvalue weighted by molar-refractivity contribution is -0.118. The first-order chi connectivity index (χ1) is 6.72. The van der Waals surface area contributed by atoms with Crippen molar-refractivity contribution >= 4 is 29.2 Å². The van der Waals surface area contributed by atoms with Gasteiger partial charge in [-0.1, -0.05) is 17.7 Å². The smallest absolute Gasteiger partial charge is 0.231 e. The van der Waals surface area contributed by atoms with Crippen LogP contribution in [0.1, 0.15) is 5.82 Å². The lowest BCUT2D eigenvalue weighted by atomic mass is 10.6. The van der Waals surface area contributed by atoms with Crippen LogP contribution in [0.5, 0.6) is 0 Å². The Kier molecular flexibility index (Phi) is 4.43. The SMILES string of the molecule is C#CCNC(=O)CSc1nc(C)ns1. The van der Waals surface area contributed by atoms with E-state index in [0.717, 1.165) is 10.2 Å². The molecule has 0 bridgehead atoms. The van der Waals surface area contributed by atoms with Gasteiger partial charge in [0.25, 0.3) is 0 Å². The number of carbonyl (C=O) groups excluding carboxylic acids is 1. The quantitative estimate of drug-likeness (QED) is 0.607. The van der Waals surface area contributed by atoms with Gasteiger partial charge in [-0.05, 0) is 18.5 Å². The molecule has 0 spiro atoms. The van der Waals surface area contributed by atoms with Gasteiger partial charge < -0.3 is 5.32 Å². The average molecular weight is 227 g/mol. The fourth-order valence-electron chi connectivity index (χ4n) is 0.665. The zero-order valence-electron chi connectivity index (χ0n) is 7.61. The highest BCUT2D eigenvalue weighted by Crippen LogP contribution is 2.18. The van der Waals surface area contributed by atoms with Crippen LogP contribution in [-0.2, 0) is 4.79 Å². The number of carbonyl (C=O) groups is 1. The standard InChI is InChI=1S/C8H9N3OS2/c1-3-4-9-7(12)5-13-8-10-6(2)11-14-8/h1H,4-5H2,2H3,(H,9,12). The van der Waals surface area contributed by atoms with Gasteiger partial charge in [0.05, 0.1) is 12.3 Å². The largest absolute Gasteiger partial charge is 0.344 e. The third-order valence-corrected chi connectivity index (χ3v) is 3.15. The fourth-order valence-corrected chi connectivity index (χ4v) is 2.14. The van der Waals surface area contributed by atoms with Crippen molar-refractivity contribution in [1.82, 2.24) is 14.7 Å². The van der Waals surface area contributed by atoms with Crippen molar-refractivity contribution in [3.05, 3.63) is 5.82 Å². The maximum atomic E-state index is 11.1. The minimum Gasteiger partial charge on any atom is -0.344 e. The summed E-state index contributed by atoms with van der Waals surface area (Å²) in [5.41, 5.74) is 0. The highest BCUT2D eigenvalue weighted by Gasteiger charge is 2.04. The number of amides is 1. The van der Waals surface area contributed by atoms with Crippen LogP contribution in [0.4, 0.5) is 0 Å². The van der Waals surface area contributed by atoms with Crippen molar-refractivity contribution in [2.45, 2.75) is 11.3 Å². The molecule has 0 unspecified atom stereocenters. The van der Waals surface area contributed by atoms with E-state index in [4.69, 9.17) is 6.42 Å². The summed E-state index contributed by atoms with van der Waals surface area (Å²) in [6.45, 7) is 2.09.